The van der Waals surface area contributed by atoms with Crippen LogP contribution in [0.2, 0.25) is 0 Å². The number of nitrogens with one attached hydrogen (secondary N) is 2. The molecule has 0 fully saturated rings. The second-order valence-corrected chi connectivity index (χ2v) is 6.50. The highest BCUT2D eigenvalue weighted by atomic mass is 19.4. The van der Waals surface area contributed by atoms with E-state index in [1.165, 1.54) is 26.4 Å². The van der Waals surface area contributed by atoms with Crippen LogP contribution >= 0.6 is 0 Å². The van der Waals surface area contributed by atoms with E-state index < -0.39 is 35.4 Å². The Hall–Kier alpha value is -3.70. The summed E-state index contributed by atoms with van der Waals surface area (Å²) in [5, 5.41) is 9.23. The molecule has 0 radical (unpaired) electrons. The molecule has 1 atom stereocenters. The SMILES string of the molecule is C[C@H](c1ccc(C(F)(F)F)cc1F)N(C)C(=O)C(=O)Nc1cnc(N)c2cn[nH]c12. The molecule has 4 N–H and O–H groups in total. The van der Waals surface area contributed by atoms with Gasteiger partial charge in [-0.05, 0) is 19.1 Å². The molecule has 0 saturated heterocycles. The molecule has 3 aromatic rings. The first-order chi connectivity index (χ1) is 14.0. The number of rotatable bonds is 3. The maximum atomic E-state index is 14.2. The van der Waals surface area contributed by atoms with Crippen molar-refractivity contribution in [2.24, 2.45) is 0 Å². The van der Waals surface area contributed by atoms with Gasteiger partial charge in [0.25, 0.3) is 0 Å². The van der Waals surface area contributed by atoms with Gasteiger partial charge >= 0.3 is 18.0 Å². The average Bonchev–Trinajstić information content (AvgIpc) is 3.18. The summed E-state index contributed by atoms with van der Waals surface area (Å²) in [5.74, 6) is -3.06. The normalized spacial score (nSPS) is 12.6. The van der Waals surface area contributed by atoms with Crippen molar-refractivity contribution in [3.05, 3.63) is 47.5 Å². The maximum absolute atomic E-state index is 14.2. The van der Waals surface area contributed by atoms with Crippen molar-refractivity contribution >= 4 is 34.2 Å². The average molecular weight is 424 g/mol. The number of hydrogen-bond acceptors (Lipinski definition) is 5. The lowest BCUT2D eigenvalue weighted by Crippen LogP contribution is -2.39. The quantitative estimate of drug-likeness (QED) is 0.442. The van der Waals surface area contributed by atoms with Crippen molar-refractivity contribution in [2.75, 3.05) is 18.1 Å². The zero-order valence-corrected chi connectivity index (χ0v) is 15.7. The van der Waals surface area contributed by atoms with Crippen molar-refractivity contribution in [1.82, 2.24) is 20.1 Å². The van der Waals surface area contributed by atoms with Gasteiger partial charge in [0.2, 0.25) is 0 Å². The molecule has 2 aromatic heterocycles. The third-order valence-electron chi connectivity index (χ3n) is 4.64. The van der Waals surface area contributed by atoms with E-state index in [0.29, 0.717) is 23.0 Å². The third kappa shape index (κ3) is 3.88. The summed E-state index contributed by atoms with van der Waals surface area (Å²) >= 11 is 0. The molecule has 12 heteroatoms. The zero-order chi connectivity index (χ0) is 22.2. The number of pyridine rings is 1. The van der Waals surface area contributed by atoms with E-state index in [1.807, 2.05) is 0 Å². The van der Waals surface area contributed by atoms with E-state index in [0.717, 1.165) is 11.0 Å². The second kappa shape index (κ2) is 7.61. The molecule has 0 spiro atoms. The minimum atomic E-state index is -4.70. The lowest BCUT2D eigenvalue weighted by molar-refractivity contribution is -0.143. The Kier molecular flexibility index (Phi) is 5.33. The minimum Gasteiger partial charge on any atom is -0.383 e. The summed E-state index contributed by atoms with van der Waals surface area (Å²) in [7, 11) is 1.23. The number of hydrogen-bond donors (Lipinski definition) is 3. The standard InChI is InChI=1S/C18H16F4N6O2/c1-8(10-4-3-9(5-12(10)19)18(20,21)22)28(2)17(30)16(29)26-13-7-24-15(23)11-6-25-27-14(11)13/h3-8H,1-2H3,(H2,23,24)(H,25,27)(H,26,29)/t8-/m1/s1. The lowest BCUT2D eigenvalue weighted by Gasteiger charge is -2.25. The molecule has 0 bridgehead atoms. The van der Waals surface area contributed by atoms with Crippen molar-refractivity contribution in [2.45, 2.75) is 19.1 Å². The number of alkyl halides is 3. The van der Waals surface area contributed by atoms with Crippen LogP contribution in [0.1, 0.15) is 24.1 Å². The molecule has 3 rings (SSSR count). The first kappa shape index (κ1) is 21.0. The summed E-state index contributed by atoms with van der Waals surface area (Å²) in [6.07, 6.45) is -2.06. The van der Waals surface area contributed by atoms with Gasteiger partial charge in [-0.2, -0.15) is 18.3 Å². The van der Waals surface area contributed by atoms with Gasteiger partial charge in [-0.25, -0.2) is 9.37 Å². The molecule has 30 heavy (non-hydrogen) atoms. The fourth-order valence-electron chi connectivity index (χ4n) is 2.81. The largest absolute Gasteiger partial charge is 0.416 e. The van der Waals surface area contributed by atoms with Gasteiger partial charge in [-0.15, -0.1) is 0 Å². The highest BCUT2D eigenvalue weighted by Crippen LogP contribution is 2.32. The Morgan fingerprint density at radius 1 is 1.27 bits per heavy atom. The Balaban J connectivity index is 1.78. The molecule has 158 valence electrons. The number of fused-ring (bicyclic) bond motifs is 1. The molecule has 2 heterocycles. The second-order valence-electron chi connectivity index (χ2n) is 6.50. The molecule has 0 aliphatic heterocycles. The van der Waals surface area contributed by atoms with Crippen LogP contribution in [-0.4, -0.2) is 38.9 Å². The number of benzene rings is 1. The molecule has 0 unspecified atom stereocenters. The summed E-state index contributed by atoms with van der Waals surface area (Å²) in [6, 6.07) is 0.978. The lowest BCUT2D eigenvalue weighted by atomic mass is 10.0. The van der Waals surface area contributed by atoms with E-state index in [1.54, 1.807) is 0 Å². The summed E-state index contributed by atoms with van der Waals surface area (Å²) in [5.41, 5.74) is 4.88. The van der Waals surface area contributed by atoms with Crippen LogP contribution in [-0.2, 0) is 15.8 Å². The van der Waals surface area contributed by atoms with Crippen molar-refractivity contribution in [1.29, 1.82) is 0 Å². The van der Waals surface area contributed by atoms with Gasteiger partial charge in [-0.1, -0.05) is 6.07 Å². The fraction of sp³-hybridized carbons (Fsp3) is 0.222. The Bertz CT molecular complexity index is 1130. The summed E-state index contributed by atoms with van der Waals surface area (Å²) in [4.78, 5) is 29.7. The first-order valence-corrected chi connectivity index (χ1v) is 8.53. The number of aromatic nitrogens is 3. The number of likely N-dealkylation sites (N-methyl/N-ethyl adjacent to an activating group) is 1. The highest BCUT2D eigenvalue weighted by molar-refractivity contribution is 6.40. The van der Waals surface area contributed by atoms with Gasteiger partial charge in [0.1, 0.15) is 11.6 Å². The summed E-state index contributed by atoms with van der Waals surface area (Å²) < 4.78 is 52.3. The fourth-order valence-corrected chi connectivity index (χ4v) is 2.81. The molecule has 0 saturated carbocycles. The highest BCUT2D eigenvalue weighted by Gasteiger charge is 2.32. The van der Waals surface area contributed by atoms with Gasteiger partial charge in [0, 0.05) is 12.6 Å². The first-order valence-electron chi connectivity index (χ1n) is 8.53. The third-order valence-corrected chi connectivity index (χ3v) is 4.64. The van der Waals surface area contributed by atoms with Crippen LogP contribution < -0.4 is 11.1 Å². The van der Waals surface area contributed by atoms with Crippen LogP contribution in [0, 0.1) is 5.82 Å². The Morgan fingerprint density at radius 2 is 1.97 bits per heavy atom. The molecule has 1 aromatic carbocycles. The number of carbonyl (C=O) groups is 2. The maximum Gasteiger partial charge on any atom is 0.416 e. The van der Waals surface area contributed by atoms with Crippen LogP contribution in [0.3, 0.4) is 0 Å². The zero-order valence-electron chi connectivity index (χ0n) is 15.7. The van der Waals surface area contributed by atoms with Crippen molar-refractivity contribution in [3.8, 4) is 0 Å². The number of nitrogen functional groups attached to an aromatic ring is 1. The minimum absolute atomic E-state index is 0.150. The van der Waals surface area contributed by atoms with Gasteiger partial charge in [0.05, 0.1) is 40.6 Å². The number of aromatic amines is 1. The van der Waals surface area contributed by atoms with Crippen LogP contribution in [0.15, 0.2) is 30.6 Å². The molecular weight excluding hydrogens is 408 g/mol. The number of amides is 2. The number of H-pyrrole nitrogens is 1. The number of carbonyl (C=O) groups excluding carboxylic acids is 2. The van der Waals surface area contributed by atoms with Crippen LogP contribution in [0.25, 0.3) is 10.9 Å². The monoisotopic (exact) mass is 424 g/mol. The van der Waals surface area contributed by atoms with Crippen molar-refractivity contribution < 1.29 is 27.2 Å². The summed E-state index contributed by atoms with van der Waals surface area (Å²) in [6.45, 7) is 1.38. The molecule has 2 amide bonds. The molecular formula is C18H16F4N6O2. The number of nitrogens with zero attached hydrogens (tertiary/aromatic N) is 3. The van der Waals surface area contributed by atoms with Gasteiger partial charge in [0.15, 0.2) is 0 Å². The molecule has 8 nitrogen and oxygen atoms in total. The molecule has 0 aliphatic rings. The van der Waals surface area contributed by atoms with E-state index in [2.05, 4.69) is 20.5 Å². The smallest absolute Gasteiger partial charge is 0.383 e. The van der Waals surface area contributed by atoms with E-state index in [9.17, 15) is 27.2 Å². The Labute approximate surface area is 167 Å². The Morgan fingerprint density at radius 3 is 2.60 bits per heavy atom. The van der Waals surface area contributed by atoms with Gasteiger partial charge in [-0.3, -0.25) is 14.7 Å². The van der Waals surface area contributed by atoms with E-state index >= 15 is 0 Å². The van der Waals surface area contributed by atoms with E-state index in [4.69, 9.17) is 5.73 Å². The van der Waals surface area contributed by atoms with E-state index in [-0.39, 0.29) is 17.1 Å². The van der Waals surface area contributed by atoms with Crippen LogP contribution in [0.4, 0.5) is 29.1 Å². The predicted octanol–water partition coefficient (Wildman–Crippen LogP) is 2.86. The number of nitrogens with two attached hydrogens (primary N) is 1. The topological polar surface area (TPSA) is 117 Å². The van der Waals surface area contributed by atoms with Gasteiger partial charge < -0.3 is 16.0 Å². The van der Waals surface area contributed by atoms with Crippen LogP contribution in [0.5, 0.6) is 0 Å². The number of halogens is 4. The predicted molar refractivity (Wildman–Crippen MR) is 99.5 cm³/mol. The van der Waals surface area contributed by atoms with Crippen molar-refractivity contribution in [3.63, 3.8) is 0 Å². The number of anilines is 2. The molecule has 0 aliphatic carbocycles.